The van der Waals surface area contributed by atoms with Crippen LogP contribution in [0.5, 0.6) is 0 Å². The van der Waals surface area contributed by atoms with Gasteiger partial charge >= 0.3 is 0 Å². The van der Waals surface area contributed by atoms with Crippen molar-refractivity contribution in [2.24, 2.45) is 46.3 Å². The normalized spacial score (nSPS) is 44.8. The Hall–Kier alpha value is -0.0600. The minimum Gasteiger partial charge on any atom is -0.375 e. The summed E-state index contributed by atoms with van der Waals surface area (Å²) in [4.78, 5) is 13.9. The fraction of sp³-hybridized carbons (Fsp3) is 0.970. The molecule has 37 heavy (non-hydrogen) atoms. The summed E-state index contributed by atoms with van der Waals surface area (Å²) in [7, 11) is -1.07. The minimum absolute atomic E-state index is 0.0172. The number of Topliss-reactive ketones (excluding diaryl/α,β-unsaturated/α-hetero) is 1. The number of carbonyl (C=O) groups excluding carboxylic acids is 1. The maximum absolute atomic E-state index is 13.9. The average Bonchev–Trinajstić information content (AvgIpc) is 3.56. The second kappa shape index (κ2) is 9.79. The molecule has 0 aromatic heterocycles. The zero-order valence-electron chi connectivity index (χ0n) is 25.5. The molecule has 0 saturated heterocycles. The van der Waals surface area contributed by atoms with Crippen LogP contribution in [0.25, 0.3) is 0 Å². The van der Waals surface area contributed by atoms with Gasteiger partial charge in [0.15, 0.2) is 0 Å². The molecule has 0 aliphatic heterocycles. The van der Waals surface area contributed by atoms with E-state index in [9.17, 15) is 4.79 Å². The first-order valence-electron chi connectivity index (χ1n) is 15.7. The third-order valence-electron chi connectivity index (χ3n) is 12.9. The summed E-state index contributed by atoms with van der Waals surface area (Å²) >= 11 is 0. The van der Waals surface area contributed by atoms with Gasteiger partial charge in [0.25, 0.3) is 0 Å². The molecule has 0 radical (unpaired) electrons. The maximum atomic E-state index is 13.9. The highest BCUT2D eigenvalue weighted by molar-refractivity contribution is 8.29. The molecule has 0 amide bonds. The van der Waals surface area contributed by atoms with E-state index >= 15 is 0 Å². The van der Waals surface area contributed by atoms with E-state index in [0.717, 1.165) is 32.0 Å². The molecule has 0 heterocycles. The maximum Gasteiger partial charge on any atom is 0.136 e. The molecule has 5 aliphatic carbocycles. The molecule has 3 nitrogen and oxygen atoms in total. The minimum atomic E-state index is -1.07. The van der Waals surface area contributed by atoms with Crippen molar-refractivity contribution < 1.29 is 13.7 Å². The monoisotopic (exact) mass is 534 g/mol. The van der Waals surface area contributed by atoms with Crippen LogP contribution >= 0.6 is 10.3 Å². The fourth-order valence-corrected chi connectivity index (χ4v) is 10.1. The van der Waals surface area contributed by atoms with E-state index in [4.69, 9.17) is 8.92 Å². The third-order valence-corrected chi connectivity index (χ3v) is 16.6. The van der Waals surface area contributed by atoms with Crippen molar-refractivity contribution in [1.82, 2.24) is 0 Å². The Kier molecular flexibility index (Phi) is 7.53. The van der Waals surface area contributed by atoms with Crippen LogP contribution in [-0.4, -0.2) is 41.9 Å². The van der Waals surface area contributed by atoms with Crippen LogP contribution in [0.15, 0.2) is 0 Å². The van der Waals surface area contributed by atoms with Gasteiger partial charge in [0.1, 0.15) is 5.78 Å². The number of ether oxygens (including phenoxy) is 1. The molecule has 5 rings (SSSR count). The lowest BCUT2D eigenvalue weighted by atomic mass is 9.43. The predicted octanol–water partition coefficient (Wildman–Crippen LogP) is 8.58. The molecule has 4 heteroatoms. The van der Waals surface area contributed by atoms with Crippen LogP contribution in [0.2, 0.25) is 0 Å². The Morgan fingerprint density at radius 1 is 0.865 bits per heavy atom. The molecule has 0 spiro atoms. The quantitative estimate of drug-likeness (QED) is 0.313. The molecule has 7 unspecified atom stereocenters. The van der Waals surface area contributed by atoms with Crippen molar-refractivity contribution in [1.29, 1.82) is 0 Å². The van der Waals surface area contributed by atoms with Crippen molar-refractivity contribution in [3.63, 3.8) is 0 Å². The van der Waals surface area contributed by atoms with E-state index in [-0.39, 0.29) is 10.3 Å². The Balaban J connectivity index is 1.23. The third kappa shape index (κ3) is 5.23. The highest BCUT2D eigenvalue weighted by atomic mass is 32.3. The standard InChI is InChI=1S/C33H58O3S/c1-30(2,3)37(7,8)36-20-15-24-11-12-26-29-27(13-16-32(24,26)5)33(6)18-17-31(4,22-25(33)21-28(29)34)35-19-14-23-9-10-23/h23-27,29H,9-22H2,1-8H3/t24?,25-,26?,27?,29?,31?,32?,33?/m0/s1. The largest absolute Gasteiger partial charge is 0.375 e. The topological polar surface area (TPSA) is 35.5 Å². The van der Waals surface area contributed by atoms with E-state index < -0.39 is 10.3 Å². The zero-order chi connectivity index (χ0) is 26.9. The number of fused-ring (bicyclic) bond motifs is 5. The number of hydrogen-bond donors (Lipinski definition) is 0. The Labute approximate surface area is 230 Å². The van der Waals surface area contributed by atoms with Crippen LogP contribution in [0.1, 0.15) is 119 Å². The van der Waals surface area contributed by atoms with Gasteiger partial charge in [0, 0.05) is 23.7 Å². The highest BCUT2D eigenvalue weighted by Gasteiger charge is 2.63. The van der Waals surface area contributed by atoms with Crippen LogP contribution in [-0.2, 0) is 13.7 Å². The molecular weight excluding hydrogens is 476 g/mol. The Morgan fingerprint density at radius 2 is 1.57 bits per heavy atom. The van der Waals surface area contributed by atoms with E-state index in [1.165, 1.54) is 64.2 Å². The number of hydrogen-bond acceptors (Lipinski definition) is 3. The van der Waals surface area contributed by atoms with Gasteiger partial charge in [-0.05, 0) is 118 Å². The summed E-state index contributed by atoms with van der Waals surface area (Å²) in [6.45, 7) is 16.2. The smallest absolute Gasteiger partial charge is 0.136 e. The summed E-state index contributed by atoms with van der Waals surface area (Å²) in [5.74, 6) is 4.25. The van der Waals surface area contributed by atoms with E-state index in [1.807, 2.05) is 0 Å². The fourth-order valence-electron chi connectivity index (χ4n) is 9.26. The van der Waals surface area contributed by atoms with Gasteiger partial charge in [0.2, 0.25) is 0 Å². The number of rotatable bonds is 8. The van der Waals surface area contributed by atoms with Crippen molar-refractivity contribution in [2.75, 3.05) is 25.7 Å². The van der Waals surface area contributed by atoms with Gasteiger partial charge in [-0.1, -0.05) is 47.5 Å². The summed E-state index contributed by atoms with van der Waals surface area (Å²) in [5, 5.41) is 0. The SMILES string of the molecule is CC1(OCCC2CC2)CCC2(C)C3CCC4(C)C(CCOS(C)(C)C(C)(C)C)CCC4C3C(=O)C[C@H]2C1. The molecule has 0 N–H and O–H groups in total. The first-order chi connectivity index (χ1) is 17.2. The van der Waals surface area contributed by atoms with Gasteiger partial charge in [-0.2, -0.15) is 0 Å². The highest BCUT2D eigenvalue weighted by Crippen LogP contribution is 2.68. The van der Waals surface area contributed by atoms with Crippen molar-refractivity contribution in [2.45, 2.75) is 129 Å². The van der Waals surface area contributed by atoms with Crippen LogP contribution in [0.4, 0.5) is 0 Å². The number of carbonyl (C=O) groups is 1. The first-order valence-corrected chi connectivity index (χ1v) is 18.1. The van der Waals surface area contributed by atoms with Gasteiger partial charge < -0.3 is 8.92 Å². The van der Waals surface area contributed by atoms with Crippen LogP contribution < -0.4 is 0 Å². The molecule has 5 saturated carbocycles. The average molecular weight is 535 g/mol. The van der Waals surface area contributed by atoms with Crippen molar-refractivity contribution in [3.8, 4) is 0 Å². The van der Waals surface area contributed by atoms with E-state index in [0.29, 0.717) is 46.2 Å². The van der Waals surface area contributed by atoms with Crippen molar-refractivity contribution >= 4 is 16.1 Å². The Bertz CT molecular complexity index is 858. The van der Waals surface area contributed by atoms with E-state index in [1.54, 1.807) is 0 Å². The first kappa shape index (κ1) is 28.5. The van der Waals surface area contributed by atoms with Crippen LogP contribution in [0.3, 0.4) is 0 Å². The molecule has 0 aromatic rings. The van der Waals surface area contributed by atoms with E-state index in [2.05, 4.69) is 54.1 Å². The summed E-state index contributed by atoms with van der Waals surface area (Å²) in [6, 6.07) is 0. The molecule has 214 valence electrons. The molecule has 0 bridgehead atoms. The van der Waals surface area contributed by atoms with Gasteiger partial charge in [-0.25, -0.2) is 0 Å². The lowest BCUT2D eigenvalue weighted by Crippen LogP contribution is -2.58. The van der Waals surface area contributed by atoms with Gasteiger partial charge in [-0.3, -0.25) is 4.79 Å². The van der Waals surface area contributed by atoms with Gasteiger partial charge in [-0.15, -0.1) is 10.3 Å². The second-order valence-electron chi connectivity index (χ2n) is 16.1. The number of ketones is 1. The summed E-state index contributed by atoms with van der Waals surface area (Å²) in [5.41, 5.74) is 0.622. The molecule has 0 aromatic carbocycles. The Morgan fingerprint density at radius 3 is 2.24 bits per heavy atom. The lowest BCUT2D eigenvalue weighted by molar-refractivity contribution is -0.173. The zero-order valence-corrected chi connectivity index (χ0v) is 26.3. The molecule has 5 aliphatic rings. The lowest BCUT2D eigenvalue weighted by Gasteiger charge is -2.61. The van der Waals surface area contributed by atoms with Gasteiger partial charge in [0.05, 0.1) is 12.2 Å². The van der Waals surface area contributed by atoms with Crippen molar-refractivity contribution in [3.05, 3.63) is 0 Å². The summed E-state index contributed by atoms with van der Waals surface area (Å²) in [6.07, 6.45) is 19.3. The molecule has 8 atom stereocenters. The molecular formula is C33H58O3S. The molecule has 5 fully saturated rings. The van der Waals surface area contributed by atoms with Crippen LogP contribution in [0, 0.1) is 46.3 Å². The second-order valence-corrected chi connectivity index (χ2v) is 20.0. The summed E-state index contributed by atoms with van der Waals surface area (Å²) < 4.78 is 13.3. The predicted molar refractivity (Wildman–Crippen MR) is 157 cm³/mol.